The Morgan fingerprint density at radius 3 is 2.76 bits per heavy atom. The Morgan fingerprint density at radius 2 is 2.10 bits per heavy atom. The van der Waals surface area contributed by atoms with Crippen molar-refractivity contribution in [2.45, 2.75) is 6.10 Å². The number of benzene rings is 1. The Hall–Kier alpha value is -2.24. The molecule has 1 aliphatic rings. The lowest BCUT2D eigenvalue weighted by molar-refractivity contribution is 0.0250. The van der Waals surface area contributed by atoms with Crippen LogP contribution >= 0.6 is 0 Å². The molecule has 1 aromatic heterocycles. The molecule has 1 aromatic carbocycles. The lowest BCUT2D eigenvalue weighted by atomic mass is 10.1. The summed E-state index contributed by atoms with van der Waals surface area (Å²) >= 11 is 0. The molecule has 0 spiro atoms. The number of amides is 1. The summed E-state index contributed by atoms with van der Waals surface area (Å²) in [5.41, 5.74) is 2.15. The van der Waals surface area contributed by atoms with E-state index in [9.17, 15) is 4.79 Å². The first-order valence-electron chi connectivity index (χ1n) is 6.97. The van der Waals surface area contributed by atoms with Crippen LogP contribution in [0.2, 0.25) is 0 Å². The first-order valence-corrected chi connectivity index (χ1v) is 6.97. The molecule has 0 saturated carbocycles. The molecule has 0 aliphatic carbocycles. The van der Waals surface area contributed by atoms with Crippen LogP contribution in [0.5, 0.6) is 0 Å². The summed E-state index contributed by atoms with van der Waals surface area (Å²) in [6.45, 7) is 2.30. The van der Waals surface area contributed by atoms with Gasteiger partial charge in [-0.25, -0.2) is 0 Å². The van der Waals surface area contributed by atoms with Crippen molar-refractivity contribution in [2.24, 2.45) is 0 Å². The number of carbonyl (C=O) groups excluding carboxylic acids is 1. The second kappa shape index (κ2) is 6.47. The number of nitrogens with zero attached hydrogens (tertiary/aromatic N) is 1. The fourth-order valence-electron chi connectivity index (χ4n) is 2.21. The zero-order valence-electron chi connectivity index (χ0n) is 11.6. The fraction of sp³-hybridized carbons (Fsp3) is 0.250. The second-order valence-corrected chi connectivity index (χ2v) is 4.86. The van der Waals surface area contributed by atoms with Crippen LogP contribution in [0.3, 0.4) is 0 Å². The predicted molar refractivity (Wildman–Crippen MR) is 80.2 cm³/mol. The van der Waals surface area contributed by atoms with E-state index in [2.05, 4.69) is 15.6 Å². The molecule has 108 valence electrons. The van der Waals surface area contributed by atoms with Gasteiger partial charge in [-0.05, 0) is 24.3 Å². The van der Waals surface area contributed by atoms with Crippen molar-refractivity contribution >= 4 is 11.6 Å². The summed E-state index contributed by atoms with van der Waals surface area (Å²) in [6, 6.07) is 13.0. The molecule has 1 amide bonds. The predicted octanol–water partition coefficient (Wildman–Crippen LogP) is 1.99. The smallest absolute Gasteiger partial charge is 0.257 e. The quantitative estimate of drug-likeness (QED) is 0.904. The van der Waals surface area contributed by atoms with Gasteiger partial charge in [-0.15, -0.1) is 0 Å². The monoisotopic (exact) mass is 283 g/mol. The summed E-state index contributed by atoms with van der Waals surface area (Å²) in [5.74, 6) is -0.164. The number of hydrogen-bond donors (Lipinski definition) is 2. The minimum absolute atomic E-state index is 0.0371. The molecule has 3 rings (SSSR count). The number of pyridine rings is 1. The zero-order chi connectivity index (χ0) is 14.5. The molecular weight excluding hydrogens is 266 g/mol. The molecule has 1 aliphatic heterocycles. The van der Waals surface area contributed by atoms with Crippen LogP contribution in [-0.2, 0) is 4.74 Å². The number of morpholine rings is 1. The maximum absolute atomic E-state index is 12.1. The van der Waals surface area contributed by atoms with Gasteiger partial charge in [0.15, 0.2) is 0 Å². The molecule has 2 aromatic rings. The van der Waals surface area contributed by atoms with Crippen LogP contribution in [0.4, 0.5) is 5.69 Å². The molecule has 0 bridgehead atoms. The number of nitrogens with one attached hydrogen (secondary N) is 2. The van der Waals surface area contributed by atoms with E-state index in [0.29, 0.717) is 12.2 Å². The third-order valence-electron chi connectivity index (χ3n) is 3.34. The van der Waals surface area contributed by atoms with E-state index in [-0.39, 0.29) is 12.0 Å². The Labute approximate surface area is 123 Å². The number of hydrogen-bond acceptors (Lipinski definition) is 4. The average molecular weight is 283 g/mol. The molecule has 1 unspecified atom stereocenters. The van der Waals surface area contributed by atoms with E-state index in [1.165, 1.54) is 0 Å². The highest BCUT2D eigenvalue weighted by atomic mass is 16.5. The second-order valence-electron chi connectivity index (χ2n) is 4.86. The van der Waals surface area contributed by atoms with Crippen molar-refractivity contribution in [1.29, 1.82) is 0 Å². The maximum atomic E-state index is 12.1. The average Bonchev–Trinajstić information content (AvgIpc) is 2.57. The molecule has 0 radical (unpaired) electrons. The Balaban J connectivity index is 1.67. The summed E-state index contributed by atoms with van der Waals surface area (Å²) in [7, 11) is 0. The molecule has 2 heterocycles. The third kappa shape index (κ3) is 3.45. The van der Waals surface area contributed by atoms with E-state index in [1.54, 1.807) is 12.3 Å². The van der Waals surface area contributed by atoms with Crippen LogP contribution in [0, 0.1) is 0 Å². The van der Waals surface area contributed by atoms with Crippen LogP contribution < -0.4 is 10.6 Å². The lowest BCUT2D eigenvalue weighted by Gasteiger charge is -2.23. The summed E-state index contributed by atoms with van der Waals surface area (Å²) in [6.07, 6.45) is 1.55. The molecule has 5 heteroatoms. The first-order chi connectivity index (χ1) is 10.3. The number of anilines is 1. The van der Waals surface area contributed by atoms with Gasteiger partial charge in [0.05, 0.1) is 17.9 Å². The standard InChI is InChI=1S/C16H17N3O2/c20-16(19-13-4-2-1-3-5-13)12-6-7-14(18-10-12)15-11-17-8-9-21-15/h1-7,10,15,17H,8-9,11H2,(H,19,20). The Kier molecular flexibility index (Phi) is 4.23. The van der Waals surface area contributed by atoms with Gasteiger partial charge in [0.2, 0.25) is 0 Å². The van der Waals surface area contributed by atoms with E-state index in [4.69, 9.17) is 4.74 Å². The van der Waals surface area contributed by atoms with Crippen LogP contribution in [-0.4, -0.2) is 30.6 Å². The topological polar surface area (TPSA) is 63.2 Å². The van der Waals surface area contributed by atoms with Crippen molar-refractivity contribution in [3.05, 3.63) is 59.9 Å². The minimum atomic E-state index is -0.164. The van der Waals surface area contributed by atoms with Crippen molar-refractivity contribution in [1.82, 2.24) is 10.3 Å². The van der Waals surface area contributed by atoms with Crippen molar-refractivity contribution in [3.63, 3.8) is 0 Å². The van der Waals surface area contributed by atoms with Crippen molar-refractivity contribution in [2.75, 3.05) is 25.0 Å². The SMILES string of the molecule is O=C(Nc1ccccc1)c1ccc(C2CNCCO2)nc1. The van der Waals surface area contributed by atoms with Gasteiger partial charge >= 0.3 is 0 Å². The number of rotatable bonds is 3. The maximum Gasteiger partial charge on any atom is 0.257 e. The number of carbonyl (C=O) groups is 1. The largest absolute Gasteiger partial charge is 0.369 e. The van der Waals surface area contributed by atoms with E-state index >= 15 is 0 Å². The molecule has 1 fully saturated rings. The normalized spacial score (nSPS) is 18.2. The molecule has 1 saturated heterocycles. The highest BCUT2D eigenvalue weighted by molar-refractivity contribution is 6.04. The van der Waals surface area contributed by atoms with Gasteiger partial charge in [0.25, 0.3) is 5.91 Å². The van der Waals surface area contributed by atoms with Gasteiger partial charge < -0.3 is 15.4 Å². The Bertz CT molecular complexity index is 593. The minimum Gasteiger partial charge on any atom is -0.369 e. The van der Waals surface area contributed by atoms with Crippen LogP contribution in [0.1, 0.15) is 22.2 Å². The lowest BCUT2D eigenvalue weighted by Crippen LogP contribution is -2.33. The zero-order valence-corrected chi connectivity index (χ0v) is 11.6. The molecular formula is C16H17N3O2. The highest BCUT2D eigenvalue weighted by Crippen LogP contribution is 2.17. The summed E-state index contributed by atoms with van der Waals surface area (Å²) in [4.78, 5) is 16.4. The third-order valence-corrected chi connectivity index (χ3v) is 3.34. The van der Waals surface area contributed by atoms with Gasteiger partial charge in [-0.2, -0.15) is 0 Å². The van der Waals surface area contributed by atoms with Crippen molar-refractivity contribution in [3.8, 4) is 0 Å². The molecule has 5 nitrogen and oxygen atoms in total. The fourth-order valence-corrected chi connectivity index (χ4v) is 2.21. The number of aromatic nitrogens is 1. The van der Waals surface area contributed by atoms with Gasteiger partial charge in [-0.3, -0.25) is 9.78 Å². The summed E-state index contributed by atoms with van der Waals surface area (Å²) < 4.78 is 5.63. The van der Waals surface area contributed by atoms with Crippen molar-refractivity contribution < 1.29 is 9.53 Å². The van der Waals surface area contributed by atoms with E-state index < -0.39 is 0 Å². The van der Waals surface area contributed by atoms with Gasteiger partial charge in [0, 0.05) is 25.0 Å². The van der Waals surface area contributed by atoms with Gasteiger partial charge in [0.1, 0.15) is 6.10 Å². The number of ether oxygens (including phenoxy) is 1. The van der Waals surface area contributed by atoms with E-state index in [0.717, 1.165) is 24.5 Å². The van der Waals surface area contributed by atoms with Gasteiger partial charge in [-0.1, -0.05) is 18.2 Å². The molecule has 1 atom stereocenters. The first kappa shape index (κ1) is 13.7. The molecule has 2 N–H and O–H groups in total. The van der Waals surface area contributed by atoms with E-state index in [1.807, 2.05) is 36.4 Å². The Morgan fingerprint density at radius 1 is 1.24 bits per heavy atom. The van der Waals surface area contributed by atoms with Crippen LogP contribution in [0.15, 0.2) is 48.7 Å². The highest BCUT2D eigenvalue weighted by Gasteiger charge is 2.17. The van der Waals surface area contributed by atoms with Crippen LogP contribution in [0.25, 0.3) is 0 Å². The molecule has 21 heavy (non-hydrogen) atoms. The number of para-hydroxylation sites is 1. The summed E-state index contributed by atoms with van der Waals surface area (Å²) in [5, 5.41) is 6.09.